The molecule has 5 heteroatoms. The molecule has 110 valence electrons. The zero-order chi connectivity index (χ0) is 14.9. The van der Waals surface area contributed by atoms with E-state index in [4.69, 9.17) is 9.47 Å². The lowest BCUT2D eigenvalue weighted by Crippen LogP contribution is -2.59. The van der Waals surface area contributed by atoms with E-state index in [1.165, 1.54) is 0 Å². The van der Waals surface area contributed by atoms with Gasteiger partial charge in [-0.3, -0.25) is 9.80 Å². The van der Waals surface area contributed by atoms with Crippen LogP contribution in [0.3, 0.4) is 0 Å². The first kappa shape index (κ1) is 14.7. The van der Waals surface area contributed by atoms with E-state index in [2.05, 4.69) is 19.3 Å². The minimum absolute atomic E-state index is 0.0837. The summed E-state index contributed by atoms with van der Waals surface area (Å²) in [5, 5.41) is 1.56. The van der Waals surface area contributed by atoms with Crippen LogP contribution in [0.15, 0.2) is 18.2 Å². The van der Waals surface area contributed by atoms with Crippen LogP contribution >= 0.6 is 0 Å². The van der Waals surface area contributed by atoms with Gasteiger partial charge in [0.25, 0.3) is 0 Å². The van der Waals surface area contributed by atoms with E-state index in [-0.39, 0.29) is 17.4 Å². The SMILES string of the molecule is COc1ccc(C2(C)CC(=O)N(C)NC2C)cc1OC. The van der Waals surface area contributed by atoms with E-state index in [0.717, 1.165) is 5.56 Å². The average Bonchev–Trinajstić information content (AvgIpc) is 2.44. The zero-order valence-electron chi connectivity index (χ0n) is 12.7. The molecular formula is C15H22N2O3. The number of ether oxygens (including phenoxy) is 2. The number of amides is 1. The van der Waals surface area contributed by atoms with Crippen LogP contribution in [0.1, 0.15) is 25.8 Å². The predicted molar refractivity (Wildman–Crippen MR) is 76.9 cm³/mol. The lowest BCUT2D eigenvalue weighted by molar-refractivity contribution is -0.139. The summed E-state index contributed by atoms with van der Waals surface area (Å²) in [4.78, 5) is 12.0. The van der Waals surface area contributed by atoms with E-state index < -0.39 is 0 Å². The first-order chi connectivity index (χ1) is 9.42. The average molecular weight is 278 g/mol. The topological polar surface area (TPSA) is 50.8 Å². The molecule has 1 amide bonds. The highest BCUT2D eigenvalue weighted by atomic mass is 16.5. The lowest BCUT2D eigenvalue weighted by atomic mass is 9.72. The van der Waals surface area contributed by atoms with Crippen LogP contribution < -0.4 is 14.9 Å². The molecule has 0 saturated carbocycles. The van der Waals surface area contributed by atoms with Crippen molar-refractivity contribution in [1.82, 2.24) is 10.4 Å². The van der Waals surface area contributed by atoms with Gasteiger partial charge in [-0.1, -0.05) is 13.0 Å². The Morgan fingerprint density at radius 3 is 2.55 bits per heavy atom. The van der Waals surface area contributed by atoms with Gasteiger partial charge in [-0.15, -0.1) is 0 Å². The first-order valence-corrected chi connectivity index (χ1v) is 6.67. The summed E-state index contributed by atoms with van der Waals surface area (Å²) < 4.78 is 10.6. The maximum atomic E-state index is 12.0. The molecule has 1 aliphatic rings. The fourth-order valence-corrected chi connectivity index (χ4v) is 2.63. The number of nitrogens with zero attached hydrogens (tertiary/aromatic N) is 1. The van der Waals surface area contributed by atoms with Crippen LogP contribution in [0.4, 0.5) is 0 Å². The number of benzene rings is 1. The molecule has 2 atom stereocenters. The number of rotatable bonds is 3. The van der Waals surface area contributed by atoms with Crippen LogP contribution in [0.2, 0.25) is 0 Å². The smallest absolute Gasteiger partial charge is 0.237 e. The van der Waals surface area contributed by atoms with Crippen molar-refractivity contribution in [2.45, 2.75) is 31.7 Å². The maximum Gasteiger partial charge on any atom is 0.237 e. The van der Waals surface area contributed by atoms with E-state index in [1.807, 2.05) is 18.2 Å². The van der Waals surface area contributed by atoms with Crippen LogP contribution in [-0.4, -0.2) is 38.2 Å². The van der Waals surface area contributed by atoms with Crippen molar-refractivity contribution < 1.29 is 14.3 Å². The van der Waals surface area contributed by atoms with Gasteiger partial charge in [0.15, 0.2) is 11.5 Å². The van der Waals surface area contributed by atoms with Crippen molar-refractivity contribution in [2.24, 2.45) is 0 Å². The first-order valence-electron chi connectivity index (χ1n) is 6.67. The van der Waals surface area contributed by atoms with Crippen LogP contribution in [0.5, 0.6) is 11.5 Å². The van der Waals surface area contributed by atoms with Gasteiger partial charge in [-0.2, -0.15) is 0 Å². The molecule has 2 unspecified atom stereocenters. The van der Waals surface area contributed by atoms with Crippen molar-refractivity contribution in [3.8, 4) is 11.5 Å². The summed E-state index contributed by atoms with van der Waals surface area (Å²) in [7, 11) is 4.99. The fourth-order valence-electron chi connectivity index (χ4n) is 2.63. The number of carbonyl (C=O) groups is 1. The molecule has 1 heterocycles. The molecule has 20 heavy (non-hydrogen) atoms. The van der Waals surface area contributed by atoms with Gasteiger partial charge >= 0.3 is 0 Å². The Balaban J connectivity index is 2.41. The van der Waals surface area contributed by atoms with Crippen molar-refractivity contribution >= 4 is 5.91 Å². The number of hydrazine groups is 1. The second-order valence-corrected chi connectivity index (χ2v) is 5.47. The Bertz CT molecular complexity index is 518. The highest BCUT2D eigenvalue weighted by Gasteiger charge is 2.41. The van der Waals surface area contributed by atoms with Crippen molar-refractivity contribution in [3.05, 3.63) is 23.8 Å². The summed E-state index contributed by atoms with van der Waals surface area (Å²) >= 11 is 0. The van der Waals surface area contributed by atoms with E-state index in [1.54, 1.807) is 26.3 Å². The quantitative estimate of drug-likeness (QED) is 0.914. The zero-order valence-corrected chi connectivity index (χ0v) is 12.7. The maximum absolute atomic E-state index is 12.0. The number of carbonyl (C=O) groups excluding carboxylic acids is 1. The van der Waals surface area contributed by atoms with Crippen molar-refractivity contribution in [3.63, 3.8) is 0 Å². The Morgan fingerprint density at radius 2 is 1.95 bits per heavy atom. The molecule has 0 spiro atoms. The highest BCUT2D eigenvalue weighted by Crippen LogP contribution is 2.38. The van der Waals surface area contributed by atoms with Crippen molar-refractivity contribution in [2.75, 3.05) is 21.3 Å². The van der Waals surface area contributed by atoms with Crippen LogP contribution in [0, 0.1) is 0 Å². The molecule has 1 aromatic rings. The van der Waals surface area contributed by atoms with Gasteiger partial charge in [0.1, 0.15) is 0 Å². The predicted octanol–water partition coefficient (Wildman–Crippen LogP) is 1.72. The minimum Gasteiger partial charge on any atom is -0.493 e. The molecule has 1 aliphatic heterocycles. The highest BCUT2D eigenvalue weighted by molar-refractivity contribution is 5.78. The van der Waals surface area contributed by atoms with Crippen LogP contribution in [0.25, 0.3) is 0 Å². The summed E-state index contributed by atoms with van der Waals surface area (Å²) in [5.41, 5.74) is 3.99. The Hall–Kier alpha value is -1.75. The molecule has 5 nitrogen and oxygen atoms in total. The standard InChI is InChI=1S/C15H22N2O3/c1-10-15(2,9-14(18)17(3)16-10)11-6-7-12(19-4)13(8-11)20-5/h6-8,10,16H,9H2,1-5H3. The number of hydrogen-bond donors (Lipinski definition) is 1. The summed E-state index contributed by atoms with van der Waals surface area (Å²) in [5.74, 6) is 1.46. The van der Waals surface area contributed by atoms with Gasteiger partial charge in [0.05, 0.1) is 14.2 Å². The molecule has 1 saturated heterocycles. The van der Waals surface area contributed by atoms with Crippen molar-refractivity contribution in [1.29, 1.82) is 0 Å². The molecule has 0 aliphatic carbocycles. The van der Waals surface area contributed by atoms with Gasteiger partial charge < -0.3 is 9.47 Å². The largest absolute Gasteiger partial charge is 0.493 e. The molecular weight excluding hydrogens is 256 g/mol. The van der Waals surface area contributed by atoms with Gasteiger partial charge in [0, 0.05) is 24.9 Å². The molecule has 2 rings (SSSR count). The summed E-state index contributed by atoms with van der Waals surface area (Å²) in [6.45, 7) is 4.18. The molecule has 0 radical (unpaired) electrons. The monoisotopic (exact) mass is 278 g/mol. The Labute approximate surface area is 119 Å². The molecule has 1 aromatic carbocycles. The molecule has 0 bridgehead atoms. The van der Waals surface area contributed by atoms with Crippen LogP contribution in [-0.2, 0) is 10.2 Å². The number of hydrogen-bond acceptors (Lipinski definition) is 4. The molecule has 1 fully saturated rings. The second kappa shape index (κ2) is 5.32. The fraction of sp³-hybridized carbons (Fsp3) is 0.533. The van der Waals surface area contributed by atoms with E-state index >= 15 is 0 Å². The molecule has 0 aromatic heterocycles. The Morgan fingerprint density at radius 1 is 1.30 bits per heavy atom. The summed E-state index contributed by atoms with van der Waals surface area (Å²) in [6, 6.07) is 5.98. The minimum atomic E-state index is -0.275. The number of nitrogens with one attached hydrogen (secondary N) is 1. The Kier molecular flexibility index (Phi) is 3.90. The lowest BCUT2D eigenvalue weighted by Gasteiger charge is -2.43. The third-order valence-electron chi connectivity index (χ3n) is 4.28. The van der Waals surface area contributed by atoms with Gasteiger partial charge in [-0.05, 0) is 24.6 Å². The van der Waals surface area contributed by atoms with E-state index in [0.29, 0.717) is 17.9 Å². The summed E-state index contributed by atoms with van der Waals surface area (Å²) in [6.07, 6.45) is 0.465. The van der Waals surface area contributed by atoms with Gasteiger partial charge in [0.2, 0.25) is 5.91 Å². The molecule has 1 N–H and O–H groups in total. The third kappa shape index (κ3) is 2.33. The third-order valence-corrected chi connectivity index (χ3v) is 4.28. The number of methoxy groups -OCH3 is 2. The second-order valence-electron chi connectivity index (χ2n) is 5.47. The normalized spacial score (nSPS) is 26.6. The van der Waals surface area contributed by atoms with Gasteiger partial charge in [-0.25, -0.2) is 5.43 Å². The van der Waals surface area contributed by atoms with E-state index in [9.17, 15) is 4.79 Å².